The number of carbonyl (C=O) groups is 2. The highest BCUT2D eigenvalue weighted by atomic mass is 79.9. The van der Waals surface area contributed by atoms with Gasteiger partial charge in [0.2, 0.25) is 5.91 Å². The van der Waals surface area contributed by atoms with Crippen molar-refractivity contribution in [3.63, 3.8) is 0 Å². The minimum atomic E-state index is -1.03. The van der Waals surface area contributed by atoms with Gasteiger partial charge in [0.25, 0.3) is 0 Å². The second-order valence-corrected chi connectivity index (χ2v) is 6.18. The van der Waals surface area contributed by atoms with Gasteiger partial charge in [-0.25, -0.2) is 4.79 Å². The van der Waals surface area contributed by atoms with Gasteiger partial charge in [-0.3, -0.25) is 4.79 Å². The van der Waals surface area contributed by atoms with Gasteiger partial charge in [-0.15, -0.1) is 0 Å². The van der Waals surface area contributed by atoms with E-state index < -0.39 is 11.5 Å². The van der Waals surface area contributed by atoms with Crippen molar-refractivity contribution in [1.82, 2.24) is 5.32 Å². The van der Waals surface area contributed by atoms with Crippen molar-refractivity contribution in [3.8, 4) is 0 Å². The first kappa shape index (κ1) is 15.0. The standard InChI is InChI=1S/C15H18BrNO3/c16-12-6-3-11(4-7-12)5-8-13(18)17-15(14(19)20)9-1-2-10-15/h3-4,6-7H,1-2,5,8-10H2,(H,17,18)(H,19,20). The maximum absolute atomic E-state index is 12.0. The third-order valence-corrected chi connectivity index (χ3v) is 4.33. The SMILES string of the molecule is O=C(CCc1ccc(Br)cc1)NC1(C(=O)O)CCCC1. The van der Waals surface area contributed by atoms with Crippen molar-refractivity contribution in [2.75, 3.05) is 0 Å². The molecule has 1 amide bonds. The fourth-order valence-electron chi connectivity index (χ4n) is 2.61. The van der Waals surface area contributed by atoms with Crippen LogP contribution in [0.25, 0.3) is 0 Å². The molecule has 0 unspecified atom stereocenters. The molecule has 1 aromatic carbocycles. The van der Waals surface area contributed by atoms with Crippen LogP contribution in [0, 0.1) is 0 Å². The Bertz CT molecular complexity index is 492. The zero-order chi connectivity index (χ0) is 14.6. The molecular weight excluding hydrogens is 322 g/mol. The molecule has 108 valence electrons. The number of hydrogen-bond acceptors (Lipinski definition) is 2. The number of nitrogens with one attached hydrogen (secondary N) is 1. The first-order valence-corrected chi connectivity index (χ1v) is 7.60. The van der Waals surface area contributed by atoms with Gasteiger partial charge in [0.15, 0.2) is 0 Å². The van der Waals surface area contributed by atoms with Crippen LogP contribution in [0.3, 0.4) is 0 Å². The second kappa shape index (κ2) is 6.39. The highest BCUT2D eigenvalue weighted by Gasteiger charge is 2.42. The summed E-state index contributed by atoms with van der Waals surface area (Å²) in [6.07, 6.45) is 3.72. The summed E-state index contributed by atoms with van der Waals surface area (Å²) in [5, 5.41) is 12.0. The zero-order valence-corrected chi connectivity index (χ0v) is 12.8. The first-order chi connectivity index (χ1) is 9.52. The maximum Gasteiger partial charge on any atom is 0.329 e. The van der Waals surface area contributed by atoms with E-state index >= 15 is 0 Å². The third-order valence-electron chi connectivity index (χ3n) is 3.80. The van der Waals surface area contributed by atoms with Crippen LogP contribution in [0.1, 0.15) is 37.7 Å². The predicted molar refractivity (Wildman–Crippen MR) is 79.4 cm³/mol. The Labute approximate surface area is 126 Å². The van der Waals surface area contributed by atoms with Crippen LogP contribution in [0.15, 0.2) is 28.7 Å². The molecule has 1 fully saturated rings. The number of hydrogen-bond donors (Lipinski definition) is 2. The Morgan fingerprint density at radius 3 is 2.35 bits per heavy atom. The highest BCUT2D eigenvalue weighted by Crippen LogP contribution is 2.30. The Morgan fingerprint density at radius 1 is 1.20 bits per heavy atom. The topological polar surface area (TPSA) is 66.4 Å². The van der Waals surface area contributed by atoms with E-state index in [-0.39, 0.29) is 5.91 Å². The van der Waals surface area contributed by atoms with Gasteiger partial charge < -0.3 is 10.4 Å². The largest absolute Gasteiger partial charge is 0.480 e. The molecule has 1 aliphatic carbocycles. The number of benzene rings is 1. The lowest BCUT2D eigenvalue weighted by atomic mass is 9.97. The van der Waals surface area contributed by atoms with Crippen molar-refractivity contribution >= 4 is 27.8 Å². The molecule has 1 aliphatic rings. The van der Waals surface area contributed by atoms with Crippen LogP contribution >= 0.6 is 15.9 Å². The van der Waals surface area contributed by atoms with E-state index in [9.17, 15) is 14.7 Å². The van der Waals surface area contributed by atoms with Gasteiger partial charge in [0, 0.05) is 10.9 Å². The van der Waals surface area contributed by atoms with E-state index in [1.165, 1.54) is 0 Å². The lowest BCUT2D eigenvalue weighted by Gasteiger charge is -2.25. The zero-order valence-electron chi connectivity index (χ0n) is 11.2. The number of aryl methyl sites for hydroxylation is 1. The molecule has 20 heavy (non-hydrogen) atoms. The van der Waals surface area contributed by atoms with Gasteiger partial charge in [0.1, 0.15) is 5.54 Å². The predicted octanol–water partition coefficient (Wildman–Crippen LogP) is 2.90. The normalized spacial score (nSPS) is 16.9. The molecule has 1 saturated carbocycles. The summed E-state index contributed by atoms with van der Waals surface area (Å²) in [6, 6.07) is 7.78. The van der Waals surface area contributed by atoms with Crippen LogP contribution in [0.5, 0.6) is 0 Å². The molecule has 1 aromatic rings. The van der Waals surface area contributed by atoms with E-state index in [0.29, 0.717) is 25.7 Å². The van der Waals surface area contributed by atoms with Crippen molar-refractivity contribution in [1.29, 1.82) is 0 Å². The van der Waals surface area contributed by atoms with Gasteiger partial charge in [-0.1, -0.05) is 40.9 Å². The molecule has 0 aromatic heterocycles. The highest BCUT2D eigenvalue weighted by molar-refractivity contribution is 9.10. The number of aliphatic carboxylic acids is 1. The Balaban J connectivity index is 1.89. The average Bonchev–Trinajstić information content (AvgIpc) is 2.88. The van der Waals surface area contributed by atoms with Crippen LogP contribution in [0.4, 0.5) is 0 Å². The lowest BCUT2D eigenvalue weighted by Crippen LogP contribution is -2.52. The summed E-state index contributed by atoms with van der Waals surface area (Å²) >= 11 is 3.36. The van der Waals surface area contributed by atoms with Gasteiger partial charge in [-0.2, -0.15) is 0 Å². The number of amides is 1. The van der Waals surface area contributed by atoms with Crippen molar-refractivity contribution < 1.29 is 14.7 Å². The van der Waals surface area contributed by atoms with E-state index in [0.717, 1.165) is 22.9 Å². The summed E-state index contributed by atoms with van der Waals surface area (Å²) < 4.78 is 1.00. The monoisotopic (exact) mass is 339 g/mol. The smallest absolute Gasteiger partial charge is 0.329 e. The molecule has 0 radical (unpaired) electrons. The lowest BCUT2D eigenvalue weighted by molar-refractivity contribution is -0.147. The van der Waals surface area contributed by atoms with Crippen LogP contribution in [-0.2, 0) is 16.0 Å². The van der Waals surface area contributed by atoms with Crippen molar-refractivity contribution in [2.24, 2.45) is 0 Å². The summed E-state index contributed by atoms with van der Waals surface area (Å²) in [7, 11) is 0. The van der Waals surface area contributed by atoms with Gasteiger partial charge >= 0.3 is 5.97 Å². The van der Waals surface area contributed by atoms with Gasteiger partial charge in [0.05, 0.1) is 0 Å². The van der Waals surface area contributed by atoms with Gasteiger partial charge in [-0.05, 0) is 37.0 Å². The fourth-order valence-corrected chi connectivity index (χ4v) is 2.87. The Kier molecular flexibility index (Phi) is 4.81. The Hall–Kier alpha value is -1.36. The number of rotatable bonds is 5. The van der Waals surface area contributed by atoms with Crippen LogP contribution in [-0.4, -0.2) is 22.5 Å². The van der Waals surface area contributed by atoms with E-state index in [4.69, 9.17) is 0 Å². The molecule has 0 spiro atoms. The second-order valence-electron chi connectivity index (χ2n) is 5.27. The average molecular weight is 340 g/mol. The minimum Gasteiger partial charge on any atom is -0.480 e. The molecule has 0 saturated heterocycles. The van der Waals surface area contributed by atoms with Crippen molar-refractivity contribution in [3.05, 3.63) is 34.3 Å². The maximum atomic E-state index is 12.0. The first-order valence-electron chi connectivity index (χ1n) is 6.81. The number of carbonyl (C=O) groups excluding carboxylic acids is 1. The number of carboxylic acid groups (broad SMARTS) is 1. The summed E-state index contributed by atoms with van der Waals surface area (Å²) in [5.41, 5.74) is 0.0377. The molecule has 2 rings (SSSR count). The molecular formula is C15H18BrNO3. The molecule has 0 atom stereocenters. The van der Waals surface area contributed by atoms with E-state index in [1.807, 2.05) is 24.3 Å². The Morgan fingerprint density at radius 2 is 1.80 bits per heavy atom. The molecule has 2 N–H and O–H groups in total. The molecule has 0 heterocycles. The fraction of sp³-hybridized carbons (Fsp3) is 0.467. The molecule has 5 heteroatoms. The minimum absolute atomic E-state index is 0.183. The number of halogens is 1. The summed E-state index contributed by atoms with van der Waals surface area (Å²) in [4.78, 5) is 23.3. The van der Waals surface area contributed by atoms with E-state index in [1.54, 1.807) is 0 Å². The van der Waals surface area contributed by atoms with Crippen molar-refractivity contribution in [2.45, 2.75) is 44.1 Å². The number of carboxylic acids is 1. The quantitative estimate of drug-likeness (QED) is 0.866. The van der Waals surface area contributed by atoms with E-state index in [2.05, 4.69) is 21.2 Å². The third kappa shape index (κ3) is 3.60. The van der Waals surface area contributed by atoms with Crippen LogP contribution in [0.2, 0.25) is 0 Å². The molecule has 0 aliphatic heterocycles. The summed E-state index contributed by atoms with van der Waals surface area (Å²) in [5.74, 6) is -1.09. The molecule has 0 bridgehead atoms. The summed E-state index contributed by atoms with van der Waals surface area (Å²) in [6.45, 7) is 0. The van der Waals surface area contributed by atoms with Crippen LogP contribution < -0.4 is 5.32 Å². The molecule has 4 nitrogen and oxygen atoms in total.